The van der Waals surface area contributed by atoms with Crippen molar-refractivity contribution in [3.05, 3.63) is 24.3 Å². The Morgan fingerprint density at radius 1 is 1.10 bits per heavy atom. The van der Waals surface area contributed by atoms with E-state index in [-0.39, 0.29) is 5.92 Å². The maximum atomic E-state index is 12.5. The molecule has 0 atom stereocenters. The van der Waals surface area contributed by atoms with Gasteiger partial charge < -0.3 is 20.3 Å². The Labute approximate surface area is 125 Å². The number of nitrogens with zero attached hydrogens (tertiary/aromatic N) is 2. The largest absolute Gasteiger partial charge is 0.397 e. The van der Waals surface area contributed by atoms with Gasteiger partial charge in [0.05, 0.1) is 24.6 Å². The summed E-state index contributed by atoms with van der Waals surface area (Å²) in [5.41, 5.74) is 7.94. The molecule has 0 saturated carbocycles. The zero-order valence-electron chi connectivity index (χ0n) is 12.3. The number of carbonyl (C=O) groups is 1. The quantitative estimate of drug-likeness (QED) is 0.835. The monoisotopic (exact) mass is 289 g/mol. The summed E-state index contributed by atoms with van der Waals surface area (Å²) in [6.45, 7) is 4.62. The van der Waals surface area contributed by atoms with E-state index < -0.39 is 0 Å². The maximum Gasteiger partial charge on any atom is 0.225 e. The number of hydrogen-bond donors (Lipinski definition) is 1. The predicted octanol–water partition coefficient (Wildman–Crippen LogP) is 1.34. The molecule has 2 saturated heterocycles. The fourth-order valence-electron chi connectivity index (χ4n) is 3.18. The second-order valence-corrected chi connectivity index (χ2v) is 5.76. The molecule has 1 aromatic carbocycles. The Balaban J connectivity index is 1.57. The number of anilines is 2. The summed E-state index contributed by atoms with van der Waals surface area (Å²) < 4.78 is 5.31. The van der Waals surface area contributed by atoms with Crippen LogP contribution in [0.15, 0.2) is 24.3 Å². The van der Waals surface area contributed by atoms with Crippen LogP contribution in [0.1, 0.15) is 12.8 Å². The zero-order chi connectivity index (χ0) is 14.7. The summed E-state index contributed by atoms with van der Waals surface area (Å²) in [5, 5.41) is 0. The number of rotatable bonds is 2. The average molecular weight is 289 g/mol. The molecule has 5 nitrogen and oxygen atoms in total. The first-order chi connectivity index (χ1) is 10.3. The molecule has 2 aliphatic rings. The van der Waals surface area contributed by atoms with Gasteiger partial charge in [0.25, 0.3) is 0 Å². The van der Waals surface area contributed by atoms with Gasteiger partial charge in [0.1, 0.15) is 0 Å². The van der Waals surface area contributed by atoms with Crippen LogP contribution in [0.25, 0.3) is 0 Å². The number of amides is 1. The minimum Gasteiger partial charge on any atom is -0.397 e. The molecule has 2 aliphatic heterocycles. The van der Waals surface area contributed by atoms with E-state index in [4.69, 9.17) is 10.5 Å². The van der Waals surface area contributed by atoms with Gasteiger partial charge >= 0.3 is 0 Å². The molecule has 2 fully saturated rings. The van der Waals surface area contributed by atoms with Crippen LogP contribution in [-0.4, -0.2) is 50.2 Å². The van der Waals surface area contributed by atoms with Gasteiger partial charge in [-0.1, -0.05) is 12.1 Å². The Bertz CT molecular complexity index is 492. The molecule has 0 aromatic heterocycles. The van der Waals surface area contributed by atoms with Crippen LogP contribution in [0, 0.1) is 5.92 Å². The summed E-state index contributed by atoms with van der Waals surface area (Å²) in [6, 6.07) is 7.95. The third-order valence-corrected chi connectivity index (χ3v) is 4.44. The molecule has 0 unspecified atom stereocenters. The van der Waals surface area contributed by atoms with E-state index in [1.54, 1.807) is 0 Å². The van der Waals surface area contributed by atoms with Gasteiger partial charge in [-0.2, -0.15) is 0 Å². The van der Waals surface area contributed by atoms with Crippen molar-refractivity contribution in [1.29, 1.82) is 0 Å². The van der Waals surface area contributed by atoms with Gasteiger partial charge in [0.2, 0.25) is 5.91 Å². The van der Waals surface area contributed by atoms with Crippen LogP contribution in [0.5, 0.6) is 0 Å². The number of nitrogen functional groups attached to an aromatic ring is 1. The first-order valence-electron chi connectivity index (χ1n) is 7.71. The molecule has 114 valence electrons. The lowest BCUT2D eigenvalue weighted by molar-refractivity contribution is -0.140. The second-order valence-electron chi connectivity index (χ2n) is 5.76. The third-order valence-electron chi connectivity index (χ3n) is 4.44. The molecule has 0 aliphatic carbocycles. The normalized spacial score (nSPS) is 20.6. The van der Waals surface area contributed by atoms with Crippen LogP contribution >= 0.6 is 0 Å². The summed E-state index contributed by atoms with van der Waals surface area (Å²) in [6.07, 6.45) is 1.81. The Kier molecular flexibility index (Phi) is 4.29. The van der Waals surface area contributed by atoms with Crippen molar-refractivity contribution in [1.82, 2.24) is 4.90 Å². The number of carbonyl (C=O) groups excluding carboxylic acids is 1. The first-order valence-corrected chi connectivity index (χ1v) is 7.71. The molecule has 5 heteroatoms. The van der Waals surface area contributed by atoms with E-state index in [2.05, 4.69) is 11.0 Å². The summed E-state index contributed by atoms with van der Waals surface area (Å²) in [4.78, 5) is 16.7. The third kappa shape index (κ3) is 3.13. The minimum atomic E-state index is 0.157. The van der Waals surface area contributed by atoms with Gasteiger partial charge in [-0.3, -0.25) is 4.79 Å². The van der Waals surface area contributed by atoms with Gasteiger partial charge in [0.15, 0.2) is 0 Å². The molecule has 0 radical (unpaired) electrons. The molecule has 2 N–H and O–H groups in total. The van der Waals surface area contributed by atoms with Crippen LogP contribution in [0.3, 0.4) is 0 Å². The molecular weight excluding hydrogens is 266 g/mol. The predicted molar refractivity (Wildman–Crippen MR) is 83.2 cm³/mol. The van der Waals surface area contributed by atoms with Crippen LogP contribution in [0.2, 0.25) is 0 Å². The lowest BCUT2D eigenvalue weighted by Gasteiger charge is -2.36. The average Bonchev–Trinajstić information content (AvgIpc) is 2.56. The van der Waals surface area contributed by atoms with Crippen molar-refractivity contribution in [2.75, 3.05) is 50.0 Å². The van der Waals surface area contributed by atoms with Gasteiger partial charge in [-0.05, 0) is 25.0 Å². The maximum absolute atomic E-state index is 12.5. The standard InChI is InChI=1S/C16H23N3O2/c17-14-3-1-2-4-15(14)18-7-5-13(6-8-18)16(20)19-9-11-21-12-10-19/h1-4,13H,5-12,17H2. The van der Waals surface area contributed by atoms with Crippen molar-refractivity contribution in [2.45, 2.75) is 12.8 Å². The number of nitrogens with two attached hydrogens (primary N) is 1. The van der Waals surface area contributed by atoms with Gasteiger partial charge in [0, 0.05) is 32.1 Å². The van der Waals surface area contributed by atoms with E-state index >= 15 is 0 Å². The molecule has 3 rings (SSSR count). The lowest BCUT2D eigenvalue weighted by atomic mass is 9.94. The van der Waals surface area contributed by atoms with Crippen molar-refractivity contribution in [2.24, 2.45) is 5.92 Å². The minimum absolute atomic E-state index is 0.157. The zero-order valence-corrected chi connectivity index (χ0v) is 12.3. The number of para-hydroxylation sites is 2. The number of benzene rings is 1. The first kappa shape index (κ1) is 14.2. The van der Waals surface area contributed by atoms with E-state index in [0.717, 1.165) is 50.4 Å². The summed E-state index contributed by atoms with van der Waals surface area (Å²) in [5.74, 6) is 0.461. The molecule has 0 bridgehead atoms. The number of hydrogen-bond acceptors (Lipinski definition) is 4. The van der Waals surface area contributed by atoms with Crippen LogP contribution in [0.4, 0.5) is 11.4 Å². The molecule has 2 heterocycles. The number of piperidine rings is 1. The van der Waals surface area contributed by atoms with Crippen molar-refractivity contribution in [3.8, 4) is 0 Å². The Morgan fingerprint density at radius 3 is 2.43 bits per heavy atom. The van der Waals surface area contributed by atoms with Gasteiger partial charge in [-0.25, -0.2) is 0 Å². The number of morpholine rings is 1. The van der Waals surface area contributed by atoms with Crippen LogP contribution < -0.4 is 10.6 Å². The Hall–Kier alpha value is -1.75. The molecule has 21 heavy (non-hydrogen) atoms. The Morgan fingerprint density at radius 2 is 1.76 bits per heavy atom. The lowest BCUT2D eigenvalue weighted by Crippen LogP contribution is -2.46. The van der Waals surface area contributed by atoms with E-state index in [1.807, 2.05) is 23.1 Å². The van der Waals surface area contributed by atoms with Crippen molar-refractivity contribution < 1.29 is 9.53 Å². The fraction of sp³-hybridized carbons (Fsp3) is 0.562. The second kappa shape index (κ2) is 6.35. The molecule has 1 aromatic rings. The highest BCUT2D eigenvalue weighted by Crippen LogP contribution is 2.28. The van der Waals surface area contributed by atoms with Crippen LogP contribution in [-0.2, 0) is 9.53 Å². The van der Waals surface area contributed by atoms with Crippen molar-refractivity contribution >= 4 is 17.3 Å². The van der Waals surface area contributed by atoms with E-state index in [9.17, 15) is 4.79 Å². The smallest absolute Gasteiger partial charge is 0.225 e. The van der Waals surface area contributed by atoms with Crippen molar-refractivity contribution in [3.63, 3.8) is 0 Å². The summed E-state index contributed by atoms with van der Waals surface area (Å²) in [7, 11) is 0. The number of ether oxygens (including phenoxy) is 1. The highest BCUT2D eigenvalue weighted by molar-refractivity contribution is 5.79. The van der Waals surface area contributed by atoms with E-state index in [1.165, 1.54) is 0 Å². The SMILES string of the molecule is Nc1ccccc1N1CCC(C(=O)N2CCOCC2)CC1. The highest BCUT2D eigenvalue weighted by atomic mass is 16.5. The summed E-state index contributed by atoms with van der Waals surface area (Å²) >= 11 is 0. The molecule has 0 spiro atoms. The highest BCUT2D eigenvalue weighted by Gasteiger charge is 2.29. The fourth-order valence-corrected chi connectivity index (χ4v) is 3.18. The van der Waals surface area contributed by atoms with E-state index in [0.29, 0.717) is 19.1 Å². The topological polar surface area (TPSA) is 58.8 Å². The molecular formula is C16H23N3O2. The van der Waals surface area contributed by atoms with Gasteiger partial charge in [-0.15, -0.1) is 0 Å². The molecule has 1 amide bonds.